The molecule has 3 heterocycles. The lowest BCUT2D eigenvalue weighted by Gasteiger charge is -2.33. The van der Waals surface area contributed by atoms with Crippen molar-refractivity contribution in [1.82, 2.24) is 14.3 Å². The Morgan fingerprint density at radius 2 is 1.80 bits per heavy atom. The van der Waals surface area contributed by atoms with Crippen LogP contribution in [0.15, 0.2) is 53.4 Å². The second kappa shape index (κ2) is 9.54. The summed E-state index contributed by atoms with van der Waals surface area (Å²) >= 11 is 0. The van der Waals surface area contributed by atoms with Crippen LogP contribution in [0.2, 0.25) is 0 Å². The van der Waals surface area contributed by atoms with Crippen molar-refractivity contribution in [1.29, 1.82) is 0 Å². The summed E-state index contributed by atoms with van der Waals surface area (Å²) in [6.07, 6.45) is 2.52. The summed E-state index contributed by atoms with van der Waals surface area (Å²) < 4.78 is 48.6. The second-order valence-electron chi connectivity index (χ2n) is 9.36. The third kappa shape index (κ3) is 4.88. The number of aryl methyl sites for hydroxylation is 1. The number of ether oxygens (including phenoxy) is 1. The number of nitrogens with zero attached hydrogens (tertiary/aromatic N) is 4. The molecule has 0 bridgehead atoms. The number of fused-ring (bicyclic) bond motifs is 1. The van der Waals surface area contributed by atoms with Crippen LogP contribution in [0.3, 0.4) is 0 Å². The van der Waals surface area contributed by atoms with Crippen LogP contribution in [0.5, 0.6) is 11.6 Å². The molecule has 0 N–H and O–H groups in total. The number of hydrogen-bond acceptors (Lipinski definition) is 6. The van der Waals surface area contributed by atoms with E-state index in [0.717, 1.165) is 37.2 Å². The highest BCUT2D eigenvalue weighted by atomic mass is 32.2. The van der Waals surface area contributed by atoms with Crippen LogP contribution < -0.4 is 9.64 Å². The first kappa shape index (κ1) is 23.7. The largest absolute Gasteiger partial charge is 0.435 e. The highest BCUT2D eigenvalue weighted by Gasteiger charge is 2.33. The number of para-hydroxylation sites is 1. The maximum absolute atomic E-state index is 14.4. The molecule has 1 aromatic heterocycles. The maximum Gasteiger partial charge on any atom is 0.243 e. The van der Waals surface area contributed by atoms with Crippen molar-refractivity contribution in [2.45, 2.75) is 44.6 Å². The van der Waals surface area contributed by atoms with Crippen LogP contribution in [0.25, 0.3) is 0 Å². The van der Waals surface area contributed by atoms with Gasteiger partial charge in [0.25, 0.3) is 0 Å². The molecule has 0 radical (unpaired) electrons. The molecular formula is C26H29FN4O3S. The van der Waals surface area contributed by atoms with Crippen LogP contribution in [0, 0.1) is 18.7 Å². The summed E-state index contributed by atoms with van der Waals surface area (Å²) in [7, 11) is -3.72. The first-order valence-electron chi connectivity index (χ1n) is 11.9. The molecule has 9 heteroatoms. The van der Waals surface area contributed by atoms with E-state index in [4.69, 9.17) is 9.72 Å². The molecule has 0 aliphatic carbocycles. The van der Waals surface area contributed by atoms with E-state index >= 15 is 0 Å². The van der Waals surface area contributed by atoms with Gasteiger partial charge in [-0.05, 0) is 55.5 Å². The smallest absolute Gasteiger partial charge is 0.243 e. The molecule has 1 saturated heterocycles. The molecule has 3 aromatic rings. The number of benzene rings is 2. The molecule has 7 nitrogen and oxygen atoms in total. The molecule has 2 aliphatic rings. The van der Waals surface area contributed by atoms with Gasteiger partial charge in [-0.3, -0.25) is 0 Å². The molecule has 0 spiro atoms. The number of piperidine rings is 1. The molecule has 184 valence electrons. The third-order valence-electron chi connectivity index (χ3n) is 6.71. The number of anilines is 1. The summed E-state index contributed by atoms with van der Waals surface area (Å²) in [6, 6.07) is 13.0. The molecule has 2 aromatic carbocycles. The molecular weight excluding hydrogens is 467 g/mol. The molecule has 2 aliphatic heterocycles. The Kier molecular flexibility index (Phi) is 6.46. The van der Waals surface area contributed by atoms with Crippen molar-refractivity contribution in [2.24, 2.45) is 5.92 Å². The predicted octanol–water partition coefficient (Wildman–Crippen LogP) is 4.70. The zero-order valence-electron chi connectivity index (χ0n) is 19.9. The Bertz CT molecular complexity index is 1340. The van der Waals surface area contributed by atoms with E-state index in [-0.39, 0.29) is 23.1 Å². The molecule has 35 heavy (non-hydrogen) atoms. The van der Waals surface area contributed by atoms with E-state index in [9.17, 15) is 12.8 Å². The van der Waals surface area contributed by atoms with Crippen molar-refractivity contribution >= 4 is 16.0 Å². The van der Waals surface area contributed by atoms with E-state index < -0.39 is 15.8 Å². The lowest BCUT2D eigenvalue weighted by Crippen LogP contribution is -2.38. The van der Waals surface area contributed by atoms with E-state index in [0.29, 0.717) is 30.4 Å². The second-order valence-corrected chi connectivity index (χ2v) is 11.3. The van der Waals surface area contributed by atoms with Gasteiger partial charge in [-0.25, -0.2) is 17.8 Å². The van der Waals surface area contributed by atoms with Gasteiger partial charge in [-0.2, -0.15) is 9.29 Å². The topological polar surface area (TPSA) is 75.6 Å². The van der Waals surface area contributed by atoms with Gasteiger partial charge in [0.2, 0.25) is 21.9 Å². The van der Waals surface area contributed by atoms with Gasteiger partial charge in [0.15, 0.2) is 11.6 Å². The third-order valence-corrected chi connectivity index (χ3v) is 8.55. The zero-order chi connectivity index (χ0) is 24.6. The molecule has 5 rings (SSSR count). The Morgan fingerprint density at radius 1 is 1.03 bits per heavy atom. The van der Waals surface area contributed by atoms with E-state index in [1.165, 1.54) is 16.4 Å². The summed E-state index contributed by atoms with van der Waals surface area (Å²) in [5, 5.41) is 0. The lowest BCUT2D eigenvalue weighted by atomic mass is 9.99. The maximum atomic E-state index is 14.4. The molecule has 0 amide bonds. The Balaban J connectivity index is 1.52. The van der Waals surface area contributed by atoms with Gasteiger partial charge in [-0.1, -0.05) is 31.2 Å². The number of halogens is 1. The van der Waals surface area contributed by atoms with Gasteiger partial charge in [0.1, 0.15) is 0 Å². The van der Waals surface area contributed by atoms with Crippen LogP contribution in [0.4, 0.5) is 10.3 Å². The fraction of sp³-hybridized carbons (Fsp3) is 0.385. The SMILES string of the molecule is Cc1cccc(S(=O)(=O)N2CCc3nc(N4CCC(C)CC4)nc(Oc4ccccc4F)c3C2)c1. The number of sulfonamides is 1. The van der Waals surface area contributed by atoms with E-state index in [1.807, 2.05) is 13.0 Å². The highest BCUT2D eigenvalue weighted by molar-refractivity contribution is 7.89. The number of aromatic nitrogens is 2. The first-order chi connectivity index (χ1) is 16.8. The first-order valence-corrected chi connectivity index (χ1v) is 13.4. The van der Waals surface area contributed by atoms with Crippen molar-refractivity contribution in [3.63, 3.8) is 0 Å². The molecule has 0 saturated carbocycles. The van der Waals surface area contributed by atoms with Crippen molar-refractivity contribution in [3.05, 3.63) is 71.2 Å². The van der Waals surface area contributed by atoms with Crippen LogP contribution in [-0.2, 0) is 23.0 Å². The van der Waals surface area contributed by atoms with Crippen molar-refractivity contribution < 1.29 is 17.5 Å². The van der Waals surface area contributed by atoms with E-state index in [2.05, 4.69) is 16.8 Å². The van der Waals surface area contributed by atoms with Crippen molar-refractivity contribution in [3.8, 4) is 11.6 Å². The molecule has 0 unspecified atom stereocenters. The normalized spacial score (nSPS) is 17.3. The van der Waals surface area contributed by atoms with Crippen LogP contribution in [-0.4, -0.2) is 42.3 Å². The van der Waals surface area contributed by atoms with Crippen LogP contribution in [0.1, 0.15) is 36.6 Å². The predicted molar refractivity (Wildman–Crippen MR) is 132 cm³/mol. The van der Waals surface area contributed by atoms with E-state index in [1.54, 1.807) is 30.3 Å². The monoisotopic (exact) mass is 496 g/mol. The standard InChI is InChI=1S/C26H29FN4O3S/c1-18-10-13-30(14-11-18)26-28-23-12-15-31(35(32,33)20-7-5-6-19(2)16-20)17-21(23)25(29-26)34-24-9-4-3-8-22(24)27/h3-9,16,18H,10-15,17H2,1-2H3. The summed E-state index contributed by atoms with van der Waals surface area (Å²) in [6.45, 7) is 6.14. The number of rotatable bonds is 5. The fourth-order valence-electron chi connectivity index (χ4n) is 4.54. The van der Waals surface area contributed by atoms with Gasteiger partial charge >= 0.3 is 0 Å². The quantitative estimate of drug-likeness (QED) is 0.510. The highest BCUT2D eigenvalue weighted by Crippen LogP contribution is 2.35. The van der Waals surface area contributed by atoms with Gasteiger partial charge in [0.05, 0.1) is 16.2 Å². The van der Waals surface area contributed by atoms with Crippen molar-refractivity contribution in [2.75, 3.05) is 24.5 Å². The minimum atomic E-state index is -3.72. The molecule has 0 atom stereocenters. The summed E-state index contributed by atoms with van der Waals surface area (Å²) in [5.41, 5.74) is 2.19. The lowest BCUT2D eigenvalue weighted by molar-refractivity contribution is 0.362. The molecule has 1 fully saturated rings. The van der Waals surface area contributed by atoms with Gasteiger partial charge in [0, 0.05) is 32.6 Å². The average Bonchev–Trinajstić information content (AvgIpc) is 2.85. The Labute approximate surface area is 205 Å². The number of hydrogen-bond donors (Lipinski definition) is 0. The fourth-order valence-corrected chi connectivity index (χ4v) is 6.06. The van der Waals surface area contributed by atoms with Gasteiger partial charge in [-0.15, -0.1) is 0 Å². The summed E-state index contributed by atoms with van der Waals surface area (Å²) in [5.74, 6) is 0.951. The minimum absolute atomic E-state index is 0.0466. The summed E-state index contributed by atoms with van der Waals surface area (Å²) in [4.78, 5) is 11.9. The zero-order valence-corrected chi connectivity index (χ0v) is 20.8. The Hall–Kier alpha value is -3.04. The van der Waals surface area contributed by atoms with Gasteiger partial charge < -0.3 is 9.64 Å². The average molecular weight is 497 g/mol. The van der Waals surface area contributed by atoms with Crippen LogP contribution >= 0.6 is 0 Å². The Morgan fingerprint density at radius 3 is 2.54 bits per heavy atom. The minimum Gasteiger partial charge on any atom is -0.435 e.